The van der Waals surface area contributed by atoms with Crippen molar-refractivity contribution in [1.29, 1.82) is 0 Å². The van der Waals surface area contributed by atoms with E-state index in [4.69, 9.17) is 0 Å². The van der Waals surface area contributed by atoms with Crippen LogP contribution in [0, 0.1) is 5.41 Å². The molecule has 1 fully saturated rings. The van der Waals surface area contributed by atoms with Crippen LogP contribution >= 0.6 is 0 Å². The van der Waals surface area contributed by atoms with E-state index in [0.29, 0.717) is 0 Å². The molecule has 0 N–H and O–H groups in total. The van der Waals surface area contributed by atoms with Gasteiger partial charge in [-0.3, -0.25) is 0 Å². The lowest BCUT2D eigenvalue weighted by molar-refractivity contribution is 0.377. The Kier molecular flexibility index (Phi) is 2.84. The number of rotatable bonds is 2. The van der Waals surface area contributed by atoms with Crippen molar-refractivity contribution in [1.82, 2.24) is 4.90 Å². The summed E-state index contributed by atoms with van der Waals surface area (Å²) in [5.41, 5.74) is 2.81. The lowest BCUT2D eigenvalue weighted by Crippen LogP contribution is -2.25. The second-order valence-electron chi connectivity index (χ2n) is 4.94. The summed E-state index contributed by atoms with van der Waals surface area (Å²) in [6.45, 7) is 17.0. The fourth-order valence-electron chi connectivity index (χ4n) is 1.45. The van der Waals surface area contributed by atoms with Crippen LogP contribution < -0.4 is 0 Å². The highest BCUT2D eigenvalue weighted by atomic mass is 15.1. The predicted molar refractivity (Wildman–Crippen MR) is 58.5 cm³/mol. The van der Waals surface area contributed by atoms with Crippen molar-refractivity contribution >= 4 is 0 Å². The van der Waals surface area contributed by atoms with E-state index in [1.807, 2.05) is 0 Å². The summed E-state index contributed by atoms with van der Waals surface area (Å²) in [6.07, 6.45) is 2.42. The summed E-state index contributed by atoms with van der Waals surface area (Å²) in [5, 5.41) is 0. The highest BCUT2D eigenvalue weighted by Gasteiger charge is 2.20. The maximum absolute atomic E-state index is 4.14. The van der Waals surface area contributed by atoms with E-state index in [2.05, 4.69) is 38.8 Å². The Morgan fingerprint density at radius 1 is 1.46 bits per heavy atom. The molecule has 0 saturated carbocycles. The molecular formula is C12H21N. The zero-order valence-corrected chi connectivity index (χ0v) is 9.19. The van der Waals surface area contributed by atoms with E-state index < -0.39 is 0 Å². The van der Waals surface area contributed by atoms with Crippen LogP contribution in [0.5, 0.6) is 0 Å². The maximum atomic E-state index is 4.14. The molecule has 0 aliphatic carbocycles. The zero-order valence-electron chi connectivity index (χ0n) is 9.19. The first-order valence-corrected chi connectivity index (χ1v) is 5.02. The van der Waals surface area contributed by atoms with Gasteiger partial charge in [0.05, 0.1) is 0 Å². The second kappa shape index (κ2) is 3.57. The van der Waals surface area contributed by atoms with Gasteiger partial charge in [-0.15, -0.1) is 0 Å². The van der Waals surface area contributed by atoms with E-state index in [-0.39, 0.29) is 5.41 Å². The molecule has 1 nitrogen and oxygen atoms in total. The van der Waals surface area contributed by atoms with Gasteiger partial charge in [0.25, 0.3) is 0 Å². The molecule has 1 aliphatic rings. The van der Waals surface area contributed by atoms with Gasteiger partial charge in [-0.1, -0.05) is 39.5 Å². The molecule has 0 bridgehead atoms. The van der Waals surface area contributed by atoms with Crippen molar-refractivity contribution in [3.8, 4) is 0 Å². The van der Waals surface area contributed by atoms with Crippen LogP contribution in [0.2, 0.25) is 0 Å². The van der Waals surface area contributed by atoms with E-state index in [0.717, 1.165) is 19.5 Å². The topological polar surface area (TPSA) is 3.24 Å². The van der Waals surface area contributed by atoms with Gasteiger partial charge in [-0.25, -0.2) is 0 Å². The van der Waals surface area contributed by atoms with Crippen molar-refractivity contribution in [2.45, 2.75) is 33.6 Å². The van der Waals surface area contributed by atoms with Gasteiger partial charge in [0.1, 0.15) is 0 Å². The Balaban J connectivity index is 2.49. The minimum atomic E-state index is 0.225. The normalized spacial score (nSPS) is 18.1. The standard InChI is InChI=1S/C12H21N/c1-10(12(3,4)5)9-13-8-6-7-11(13)2/h1-2,6-9H2,3-5H3. The molecule has 0 atom stereocenters. The van der Waals surface area contributed by atoms with Crippen LogP contribution in [-0.4, -0.2) is 18.0 Å². The van der Waals surface area contributed by atoms with E-state index >= 15 is 0 Å². The van der Waals surface area contributed by atoms with Crippen LogP contribution in [0.1, 0.15) is 33.6 Å². The van der Waals surface area contributed by atoms with Gasteiger partial charge >= 0.3 is 0 Å². The first-order valence-electron chi connectivity index (χ1n) is 5.02. The molecule has 0 aromatic rings. The van der Waals surface area contributed by atoms with Gasteiger partial charge in [0.15, 0.2) is 0 Å². The van der Waals surface area contributed by atoms with Crippen molar-refractivity contribution in [2.75, 3.05) is 13.1 Å². The first kappa shape index (κ1) is 10.4. The smallest absolute Gasteiger partial charge is 0.0388 e. The molecule has 0 spiro atoms. The third-order valence-electron chi connectivity index (χ3n) is 2.78. The fraction of sp³-hybridized carbons (Fsp3) is 0.667. The molecule has 0 radical (unpaired) electrons. The van der Waals surface area contributed by atoms with Crippen molar-refractivity contribution in [2.24, 2.45) is 5.41 Å². The van der Waals surface area contributed by atoms with E-state index in [9.17, 15) is 0 Å². The Labute approximate surface area is 82.1 Å². The van der Waals surface area contributed by atoms with Gasteiger partial charge in [-0.05, 0) is 18.3 Å². The van der Waals surface area contributed by atoms with Gasteiger partial charge < -0.3 is 4.90 Å². The number of hydrogen-bond donors (Lipinski definition) is 0. The average Bonchev–Trinajstić information content (AvgIpc) is 2.34. The number of hydrogen-bond acceptors (Lipinski definition) is 1. The summed E-state index contributed by atoms with van der Waals surface area (Å²) in [6, 6.07) is 0. The van der Waals surface area contributed by atoms with Crippen molar-refractivity contribution in [3.05, 3.63) is 24.4 Å². The third-order valence-corrected chi connectivity index (χ3v) is 2.78. The van der Waals surface area contributed by atoms with Crippen LogP contribution in [0.4, 0.5) is 0 Å². The summed E-state index contributed by atoms with van der Waals surface area (Å²) >= 11 is 0. The average molecular weight is 179 g/mol. The summed E-state index contributed by atoms with van der Waals surface area (Å²) in [4.78, 5) is 2.35. The lowest BCUT2D eigenvalue weighted by atomic mass is 9.87. The molecular weight excluding hydrogens is 158 g/mol. The molecule has 13 heavy (non-hydrogen) atoms. The number of allylic oxidation sites excluding steroid dienone is 1. The fourth-order valence-corrected chi connectivity index (χ4v) is 1.45. The maximum Gasteiger partial charge on any atom is 0.0388 e. The molecule has 1 heterocycles. The van der Waals surface area contributed by atoms with Crippen LogP contribution in [0.3, 0.4) is 0 Å². The van der Waals surface area contributed by atoms with Gasteiger partial charge in [0.2, 0.25) is 0 Å². The zero-order chi connectivity index (χ0) is 10.1. The van der Waals surface area contributed by atoms with Crippen LogP contribution in [0.15, 0.2) is 24.4 Å². The Hall–Kier alpha value is -0.720. The van der Waals surface area contributed by atoms with Crippen molar-refractivity contribution in [3.63, 3.8) is 0 Å². The van der Waals surface area contributed by atoms with Crippen LogP contribution in [-0.2, 0) is 0 Å². The SMILES string of the molecule is C=C1CCCN1CC(=C)C(C)(C)C. The lowest BCUT2D eigenvalue weighted by Gasteiger charge is -2.28. The third kappa shape index (κ3) is 2.61. The molecule has 74 valence electrons. The summed E-state index contributed by atoms with van der Waals surface area (Å²) < 4.78 is 0. The highest BCUT2D eigenvalue weighted by molar-refractivity contribution is 5.12. The second-order valence-corrected chi connectivity index (χ2v) is 4.94. The number of nitrogens with zero attached hydrogens (tertiary/aromatic N) is 1. The van der Waals surface area contributed by atoms with E-state index in [1.54, 1.807) is 0 Å². The Morgan fingerprint density at radius 2 is 2.08 bits per heavy atom. The van der Waals surface area contributed by atoms with Crippen molar-refractivity contribution < 1.29 is 0 Å². The van der Waals surface area contributed by atoms with Gasteiger partial charge in [-0.2, -0.15) is 0 Å². The Morgan fingerprint density at radius 3 is 2.46 bits per heavy atom. The summed E-state index contributed by atoms with van der Waals surface area (Å²) in [7, 11) is 0. The molecule has 1 saturated heterocycles. The number of likely N-dealkylation sites (tertiary alicyclic amines) is 1. The molecule has 0 unspecified atom stereocenters. The monoisotopic (exact) mass is 179 g/mol. The molecule has 1 aliphatic heterocycles. The molecule has 0 amide bonds. The summed E-state index contributed by atoms with van der Waals surface area (Å²) in [5.74, 6) is 0. The van der Waals surface area contributed by atoms with Gasteiger partial charge in [0, 0.05) is 18.8 Å². The quantitative estimate of drug-likeness (QED) is 0.588. The van der Waals surface area contributed by atoms with Crippen LogP contribution in [0.25, 0.3) is 0 Å². The first-order chi connectivity index (χ1) is 5.91. The minimum Gasteiger partial charge on any atom is -0.371 e. The predicted octanol–water partition coefficient (Wildman–Crippen LogP) is 3.20. The molecule has 0 aromatic carbocycles. The molecule has 1 heteroatoms. The Bertz CT molecular complexity index is 220. The minimum absolute atomic E-state index is 0.225. The molecule has 0 aromatic heterocycles. The largest absolute Gasteiger partial charge is 0.371 e. The highest BCUT2D eigenvalue weighted by Crippen LogP contribution is 2.27. The molecule has 1 rings (SSSR count). The van der Waals surface area contributed by atoms with E-state index in [1.165, 1.54) is 17.7 Å².